The summed E-state index contributed by atoms with van der Waals surface area (Å²) < 4.78 is 0. The molecule has 2 N–H and O–H groups in total. The van der Waals surface area contributed by atoms with Crippen LogP contribution in [-0.2, 0) is 13.0 Å². The van der Waals surface area contributed by atoms with Crippen LogP contribution in [0.1, 0.15) is 24.0 Å². The summed E-state index contributed by atoms with van der Waals surface area (Å²) in [4.78, 5) is 20.4. The van der Waals surface area contributed by atoms with E-state index in [0.717, 1.165) is 42.6 Å². The molecule has 0 atom stereocenters. The molecule has 5 rings (SSSR count). The number of nitrogens with zero attached hydrogens (tertiary/aromatic N) is 2. The van der Waals surface area contributed by atoms with Gasteiger partial charge >= 0.3 is 6.03 Å². The molecule has 2 aromatic carbocycles. The second-order valence-corrected chi connectivity index (χ2v) is 7.50. The number of amides is 2. The van der Waals surface area contributed by atoms with E-state index < -0.39 is 0 Å². The van der Waals surface area contributed by atoms with Gasteiger partial charge < -0.3 is 20.1 Å². The summed E-state index contributed by atoms with van der Waals surface area (Å²) in [7, 11) is 0. The highest BCUT2D eigenvalue weighted by Gasteiger charge is 2.22. The number of fused-ring (bicyclic) bond motifs is 2. The molecule has 1 aromatic heterocycles. The third kappa shape index (κ3) is 3.03. The summed E-state index contributed by atoms with van der Waals surface area (Å²) in [5, 5.41) is 4.11. The van der Waals surface area contributed by atoms with Crippen LogP contribution in [0.25, 0.3) is 10.9 Å². The fourth-order valence-electron chi connectivity index (χ4n) is 4.25. The highest BCUT2D eigenvalue weighted by molar-refractivity contribution is 6.01. The van der Waals surface area contributed by atoms with Crippen molar-refractivity contribution in [3.8, 4) is 0 Å². The Bertz CT molecular complexity index is 987. The summed E-state index contributed by atoms with van der Waals surface area (Å²) in [6.45, 7) is 3.75. The lowest BCUT2D eigenvalue weighted by atomic mass is 9.99. The van der Waals surface area contributed by atoms with Crippen molar-refractivity contribution in [1.29, 1.82) is 0 Å². The van der Waals surface area contributed by atoms with Gasteiger partial charge in [0.05, 0.1) is 5.69 Å². The minimum absolute atomic E-state index is 0.0333. The van der Waals surface area contributed by atoms with Crippen LogP contribution >= 0.6 is 0 Å². The Morgan fingerprint density at radius 3 is 2.74 bits per heavy atom. The Balaban J connectivity index is 1.30. The smallest absolute Gasteiger partial charge is 0.322 e. The van der Waals surface area contributed by atoms with Crippen molar-refractivity contribution >= 4 is 28.3 Å². The lowest BCUT2D eigenvalue weighted by molar-refractivity contribution is 0.206. The maximum Gasteiger partial charge on any atom is 0.322 e. The first-order valence-electron chi connectivity index (χ1n) is 9.77. The van der Waals surface area contributed by atoms with Crippen LogP contribution in [-0.4, -0.2) is 35.5 Å². The van der Waals surface area contributed by atoms with Crippen LogP contribution in [0.15, 0.2) is 48.7 Å². The lowest BCUT2D eigenvalue weighted by Crippen LogP contribution is -2.38. The fraction of sp³-hybridized carbons (Fsp3) is 0.318. The second kappa shape index (κ2) is 6.65. The molecule has 5 heteroatoms. The Kier molecular flexibility index (Phi) is 4.00. The number of carbonyl (C=O) groups excluding carboxylic acids is 1. The van der Waals surface area contributed by atoms with Gasteiger partial charge in [-0.3, -0.25) is 0 Å². The van der Waals surface area contributed by atoms with Crippen molar-refractivity contribution in [2.75, 3.05) is 29.9 Å². The van der Waals surface area contributed by atoms with Gasteiger partial charge in [0, 0.05) is 49.0 Å². The van der Waals surface area contributed by atoms with E-state index in [4.69, 9.17) is 0 Å². The van der Waals surface area contributed by atoms with Crippen molar-refractivity contribution in [2.24, 2.45) is 0 Å². The third-order valence-electron chi connectivity index (χ3n) is 5.79. The molecule has 27 heavy (non-hydrogen) atoms. The summed E-state index contributed by atoms with van der Waals surface area (Å²) >= 11 is 0. The van der Waals surface area contributed by atoms with Crippen molar-refractivity contribution in [3.05, 3.63) is 59.8 Å². The van der Waals surface area contributed by atoms with E-state index in [1.54, 1.807) is 0 Å². The zero-order valence-electron chi connectivity index (χ0n) is 15.4. The number of aromatic nitrogens is 1. The van der Waals surface area contributed by atoms with E-state index in [-0.39, 0.29) is 6.03 Å². The summed E-state index contributed by atoms with van der Waals surface area (Å²) in [5.74, 6) is 0. The number of urea groups is 1. The molecule has 0 unspecified atom stereocenters. The van der Waals surface area contributed by atoms with Gasteiger partial charge in [-0.05, 0) is 48.6 Å². The van der Waals surface area contributed by atoms with Crippen molar-refractivity contribution < 1.29 is 4.79 Å². The zero-order valence-corrected chi connectivity index (χ0v) is 15.4. The van der Waals surface area contributed by atoms with Gasteiger partial charge in [0.25, 0.3) is 0 Å². The number of carbonyl (C=O) groups is 1. The molecule has 1 fully saturated rings. The molecule has 0 aliphatic carbocycles. The number of aromatic amines is 1. The number of H-pyrrole nitrogens is 1. The van der Waals surface area contributed by atoms with Crippen LogP contribution in [0.2, 0.25) is 0 Å². The SMILES string of the molecule is O=C(Nc1c[nH]c2ccccc12)N1CCc2cc(N3CCCC3)ccc2C1. The third-order valence-corrected chi connectivity index (χ3v) is 5.79. The number of nitrogens with one attached hydrogen (secondary N) is 2. The predicted molar refractivity (Wildman–Crippen MR) is 109 cm³/mol. The molecule has 2 aliphatic rings. The number of rotatable bonds is 2. The van der Waals surface area contributed by atoms with Gasteiger partial charge in [-0.2, -0.15) is 0 Å². The standard InChI is InChI=1S/C22H24N4O/c27-22(24-21-14-23-20-6-2-1-5-19(20)21)26-12-9-16-13-18(8-7-17(16)15-26)25-10-3-4-11-25/h1-2,5-8,13-14,23H,3-4,9-12,15H2,(H,24,27). The van der Waals surface area contributed by atoms with Crippen LogP contribution in [0.5, 0.6) is 0 Å². The number of para-hydroxylation sites is 1. The molecule has 0 radical (unpaired) electrons. The Hall–Kier alpha value is -2.95. The van der Waals surface area contributed by atoms with Crippen molar-refractivity contribution in [3.63, 3.8) is 0 Å². The fourth-order valence-corrected chi connectivity index (χ4v) is 4.25. The van der Waals surface area contributed by atoms with E-state index in [2.05, 4.69) is 33.4 Å². The molecule has 0 saturated carbocycles. The summed E-state index contributed by atoms with van der Waals surface area (Å²) in [6.07, 6.45) is 5.36. The quantitative estimate of drug-likeness (QED) is 0.713. The summed E-state index contributed by atoms with van der Waals surface area (Å²) in [5.41, 5.74) is 5.86. The largest absolute Gasteiger partial charge is 0.372 e. The van der Waals surface area contributed by atoms with E-state index in [9.17, 15) is 4.79 Å². The molecule has 2 aliphatic heterocycles. The first kappa shape index (κ1) is 16.2. The highest BCUT2D eigenvalue weighted by Crippen LogP contribution is 2.28. The number of anilines is 2. The average Bonchev–Trinajstić information content (AvgIpc) is 3.38. The topological polar surface area (TPSA) is 51.4 Å². The molecule has 5 nitrogen and oxygen atoms in total. The minimum atomic E-state index is -0.0333. The van der Waals surface area contributed by atoms with Gasteiger partial charge in [-0.1, -0.05) is 24.3 Å². The predicted octanol–water partition coefficient (Wildman–Crippen LogP) is 4.36. The first-order valence-corrected chi connectivity index (χ1v) is 9.77. The summed E-state index contributed by atoms with van der Waals surface area (Å²) in [6, 6.07) is 14.7. The maximum atomic E-state index is 12.8. The Morgan fingerprint density at radius 1 is 1.00 bits per heavy atom. The molecular weight excluding hydrogens is 336 g/mol. The van der Waals surface area contributed by atoms with E-state index >= 15 is 0 Å². The van der Waals surface area contributed by atoms with Crippen molar-refractivity contribution in [1.82, 2.24) is 9.88 Å². The van der Waals surface area contributed by atoms with Crippen LogP contribution in [0.4, 0.5) is 16.2 Å². The Morgan fingerprint density at radius 2 is 1.85 bits per heavy atom. The van der Waals surface area contributed by atoms with Crippen LogP contribution in [0, 0.1) is 0 Å². The zero-order chi connectivity index (χ0) is 18.2. The van der Waals surface area contributed by atoms with Crippen molar-refractivity contribution in [2.45, 2.75) is 25.8 Å². The molecule has 138 valence electrons. The van der Waals surface area contributed by atoms with Gasteiger partial charge in [0.1, 0.15) is 0 Å². The first-order chi connectivity index (χ1) is 13.3. The van der Waals surface area contributed by atoms with E-state index in [1.807, 2.05) is 35.4 Å². The van der Waals surface area contributed by atoms with Gasteiger partial charge in [0.2, 0.25) is 0 Å². The average molecular weight is 360 g/mol. The molecule has 0 spiro atoms. The van der Waals surface area contributed by atoms with Gasteiger partial charge in [-0.15, -0.1) is 0 Å². The van der Waals surface area contributed by atoms with E-state index in [1.165, 1.54) is 29.7 Å². The minimum Gasteiger partial charge on any atom is -0.372 e. The van der Waals surface area contributed by atoms with E-state index in [0.29, 0.717) is 6.54 Å². The van der Waals surface area contributed by atoms with Gasteiger partial charge in [0.15, 0.2) is 0 Å². The number of hydrogen-bond acceptors (Lipinski definition) is 2. The lowest BCUT2D eigenvalue weighted by Gasteiger charge is -2.30. The molecular formula is C22H24N4O. The monoisotopic (exact) mass is 360 g/mol. The number of hydrogen-bond donors (Lipinski definition) is 2. The molecule has 1 saturated heterocycles. The molecule has 2 amide bonds. The second-order valence-electron chi connectivity index (χ2n) is 7.50. The highest BCUT2D eigenvalue weighted by atomic mass is 16.2. The molecule has 0 bridgehead atoms. The van der Waals surface area contributed by atoms with Crippen LogP contribution < -0.4 is 10.2 Å². The van der Waals surface area contributed by atoms with Gasteiger partial charge in [-0.25, -0.2) is 4.79 Å². The van der Waals surface area contributed by atoms with Crippen LogP contribution in [0.3, 0.4) is 0 Å². The Labute approximate surface area is 159 Å². The molecule has 3 aromatic rings. The number of benzene rings is 2. The maximum absolute atomic E-state index is 12.8. The normalized spacial score (nSPS) is 16.6. The molecule has 3 heterocycles.